The molecule has 0 saturated carbocycles. The second-order valence-electron chi connectivity index (χ2n) is 4.52. The minimum absolute atomic E-state index is 0.146. The van der Waals surface area contributed by atoms with Gasteiger partial charge in [0, 0.05) is 12.7 Å². The zero-order valence-corrected chi connectivity index (χ0v) is 11.3. The van der Waals surface area contributed by atoms with Crippen LogP contribution in [0.3, 0.4) is 0 Å². The summed E-state index contributed by atoms with van der Waals surface area (Å²) < 4.78 is 4.58. The summed E-state index contributed by atoms with van der Waals surface area (Å²) in [4.78, 5) is 40.0. The van der Waals surface area contributed by atoms with Crippen LogP contribution in [0.1, 0.15) is 23.0 Å². The first-order chi connectivity index (χ1) is 9.51. The first-order valence-electron chi connectivity index (χ1n) is 6.12. The van der Waals surface area contributed by atoms with E-state index in [4.69, 9.17) is 0 Å². The topological polar surface area (TPSA) is 88.6 Å². The van der Waals surface area contributed by atoms with E-state index in [-0.39, 0.29) is 18.4 Å². The molecule has 1 aliphatic heterocycles. The van der Waals surface area contributed by atoms with Crippen LogP contribution in [0.4, 0.5) is 0 Å². The zero-order valence-electron chi connectivity index (χ0n) is 11.3. The van der Waals surface area contributed by atoms with Crippen molar-refractivity contribution >= 4 is 17.8 Å². The van der Waals surface area contributed by atoms with Crippen LogP contribution in [-0.2, 0) is 20.9 Å². The lowest BCUT2D eigenvalue weighted by atomic mass is 10.1. The van der Waals surface area contributed by atoms with Crippen molar-refractivity contribution in [2.24, 2.45) is 0 Å². The smallest absolute Gasteiger partial charge is 0.339 e. The molecule has 0 spiro atoms. The van der Waals surface area contributed by atoms with Gasteiger partial charge in [-0.25, -0.2) is 4.79 Å². The molecule has 0 aromatic carbocycles. The zero-order chi connectivity index (χ0) is 14.7. The Balaban J connectivity index is 2.07. The number of hydrogen-bond acceptors (Lipinski definition) is 6. The van der Waals surface area contributed by atoms with Crippen LogP contribution in [0.2, 0.25) is 0 Å². The number of ether oxygens (including phenoxy) is 1. The molecular weight excluding hydrogens is 262 g/mol. The third-order valence-corrected chi connectivity index (χ3v) is 3.15. The molecule has 2 heterocycles. The monoisotopic (exact) mass is 277 g/mol. The molecular formula is C13H15N3O4. The Labute approximate surface area is 115 Å². The number of rotatable bonds is 3. The van der Waals surface area contributed by atoms with Gasteiger partial charge in [0.15, 0.2) is 0 Å². The van der Waals surface area contributed by atoms with Gasteiger partial charge >= 0.3 is 5.97 Å². The van der Waals surface area contributed by atoms with Crippen molar-refractivity contribution in [3.05, 3.63) is 29.6 Å². The minimum atomic E-state index is -0.454. The molecule has 1 saturated heterocycles. The molecule has 1 unspecified atom stereocenters. The molecule has 1 aromatic heterocycles. The minimum Gasteiger partial charge on any atom is -0.465 e. The van der Waals surface area contributed by atoms with Crippen LogP contribution >= 0.6 is 0 Å². The van der Waals surface area contributed by atoms with E-state index >= 15 is 0 Å². The fourth-order valence-corrected chi connectivity index (χ4v) is 1.93. The van der Waals surface area contributed by atoms with Crippen molar-refractivity contribution in [3.63, 3.8) is 0 Å². The van der Waals surface area contributed by atoms with E-state index in [1.807, 2.05) is 0 Å². The summed E-state index contributed by atoms with van der Waals surface area (Å²) >= 11 is 0. The predicted molar refractivity (Wildman–Crippen MR) is 68.6 cm³/mol. The van der Waals surface area contributed by atoms with Gasteiger partial charge in [-0.15, -0.1) is 0 Å². The van der Waals surface area contributed by atoms with Crippen LogP contribution in [0, 0.1) is 0 Å². The Bertz CT molecular complexity index is 541. The van der Waals surface area contributed by atoms with E-state index in [1.54, 1.807) is 24.0 Å². The molecule has 2 amide bonds. The molecule has 1 aromatic rings. The van der Waals surface area contributed by atoms with Gasteiger partial charge in [-0.1, -0.05) is 0 Å². The van der Waals surface area contributed by atoms with Crippen LogP contribution in [0.25, 0.3) is 0 Å². The molecule has 1 atom stereocenters. The fraction of sp³-hybridized carbons (Fsp3) is 0.385. The van der Waals surface area contributed by atoms with Gasteiger partial charge in [-0.2, -0.15) is 0 Å². The lowest BCUT2D eigenvalue weighted by molar-refractivity contribution is -0.139. The summed E-state index contributed by atoms with van der Waals surface area (Å²) in [5.74, 6) is -1.09. The van der Waals surface area contributed by atoms with Crippen molar-refractivity contribution < 1.29 is 19.1 Å². The van der Waals surface area contributed by atoms with E-state index in [2.05, 4.69) is 15.0 Å². The van der Waals surface area contributed by atoms with Gasteiger partial charge in [0.05, 0.1) is 31.0 Å². The highest BCUT2D eigenvalue weighted by Gasteiger charge is 2.30. The maximum absolute atomic E-state index is 11.5. The van der Waals surface area contributed by atoms with Gasteiger partial charge in [0.25, 0.3) is 0 Å². The van der Waals surface area contributed by atoms with Crippen LogP contribution < -0.4 is 5.32 Å². The van der Waals surface area contributed by atoms with Gasteiger partial charge in [-0.05, 0) is 19.1 Å². The quantitative estimate of drug-likeness (QED) is 0.603. The predicted octanol–water partition coefficient (Wildman–Crippen LogP) is -0.285. The first-order valence-corrected chi connectivity index (χ1v) is 6.12. The summed E-state index contributed by atoms with van der Waals surface area (Å²) in [6, 6.07) is 2.88. The lowest BCUT2D eigenvalue weighted by Gasteiger charge is -2.31. The summed E-state index contributed by atoms with van der Waals surface area (Å²) in [6.45, 7) is 2.24. The van der Waals surface area contributed by atoms with Crippen LogP contribution in [-0.4, -0.2) is 47.4 Å². The highest BCUT2D eigenvalue weighted by atomic mass is 16.5. The second kappa shape index (κ2) is 5.79. The van der Waals surface area contributed by atoms with Crippen LogP contribution in [0.5, 0.6) is 0 Å². The first kappa shape index (κ1) is 14.1. The number of pyridine rings is 1. The second-order valence-corrected chi connectivity index (χ2v) is 4.52. The third kappa shape index (κ3) is 3.00. The van der Waals surface area contributed by atoms with Gasteiger partial charge < -0.3 is 4.74 Å². The number of nitrogens with zero attached hydrogens (tertiary/aromatic N) is 2. The number of piperazine rings is 1. The Morgan fingerprint density at radius 1 is 1.50 bits per heavy atom. The molecule has 0 bridgehead atoms. The van der Waals surface area contributed by atoms with Gasteiger partial charge in [0.1, 0.15) is 0 Å². The van der Waals surface area contributed by atoms with E-state index < -0.39 is 12.0 Å². The summed E-state index contributed by atoms with van der Waals surface area (Å²) in [5, 5.41) is 2.28. The summed E-state index contributed by atoms with van der Waals surface area (Å²) in [6.07, 6.45) is 1.41. The molecule has 1 fully saturated rings. The van der Waals surface area contributed by atoms with Crippen molar-refractivity contribution in [1.82, 2.24) is 15.2 Å². The number of imide groups is 1. The Hall–Kier alpha value is -2.28. The number of methoxy groups -OCH3 is 1. The molecule has 1 N–H and O–H groups in total. The average Bonchev–Trinajstić information content (AvgIpc) is 2.44. The highest BCUT2D eigenvalue weighted by molar-refractivity contribution is 6.00. The van der Waals surface area contributed by atoms with E-state index in [0.717, 1.165) is 0 Å². The Morgan fingerprint density at radius 3 is 2.85 bits per heavy atom. The number of amides is 2. The molecule has 0 aliphatic carbocycles. The van der Waals surface area contributed by atoms with E-state index in [1.165, 1.54) is 13.3 Å². The molecule has 7 nitrogen and oxygen atoms in total. The fourth-order valence-electron chi connectivity index (χ4n) is 1.93. The molecule has 7 heteroatoms. The van der Waals surface area contributed by atoms with Crippen molar-refractivity contribution in [2.75, 3.05) is 13.7 Å². The SMILES string of the molecule is COC(=O)c1ccc(CN2CC(=O)NC(=O)C2C)nc1. The number of nitrogens with one attached hydrogen (secondary N) is 1. The highest BCUT2D eigenvalue weighted by Crippen LogP contribution is 2.10. The van der Waals surface area contributed by atoms with Crippen LogP contribution in [0.15, 0.2) is 18.3 Å². The normalized spacial score (nSPS) is 19.6. The number of carbonyl (C=O) groups is 3. The van der Waals surface area contributed by atoms with Crippen molar-refractivity contribution in [1.29, 1.82) is 0 Å². The van der Waals surface area contributed by atoms with E-state index in [9.17, 15) is 14.4 Å². The standard InChI is InChI=1S/C13H15N3O4/c1-8-12(18)15-11(17)7-16(8)6-10-4-3-9(5-14-10)13(19)20-2/h3-5,8H,6-7H2,1-2H3,(H,15,17,18). The Morgan fingerprint density at radius 2 is 2.25 bits per heavy atom. The molecule has 1 aliphatic rings. The summed E-state index contributed by atoms with van der Waals surface area (Å²) in [7, 11) is 1.30. The molecule has 106 valence electrons. The van der Waals surface area contributed by atoms with Crippen molar-refractivity contribution in [3.8, 4) is 0 Å². The lowest BCUT2D eigenvalue weighted by Crippen LogP contribution is -2.56. The van der Waals surface area contributed by atoms with Gasteiger partial charge in [0.2, 0.25) is 11.8 Å². The number of hydrogen-bond donors (Lipinski definition) is 1. The number of esters is 1. The maximum atomic E-state index is 11.5. The number of carbonyl (C=O) groups excluding carboxylic acids is 3. The third-order valence-electron chi connectivity index (χ3n) is 3.15. The van der Waals surface area contributed by atoms with Crippen molar-refractivity contribution in [2.45, 2.75) is 19.5 Å². The molecule has 20 heavy (non-hydrogen) atoms. The largest absolute Gasteiger partial charge is 0.465 e. The summed E-state index contributed by atoms with van der Waals surface area (Å²) in [5.41, 5.74) is 1.03. The number of aromatic nitrogens is 1. The average molecular weight is 277 g/mol. The van der Waals surface area contributed by atoms with Gasteiger partial charge in [-0.3, -0.25) is 24.8 Å². The van der Waals surface area contributed by atoms with E-state index in [0.29, 0.717) is 17.8 Å². The maximum Gasteiger partial charge on any atom is 0.339 e. The molecule has 2 rings (SSSR count). The Kier molecular flexibility index (Phi) is 4.09. The molecule has 0 radical (unpaired) electrons.